The van der Waals surface area contributed by atoms with Gasteiger partial charge in [-0.1, -0.05) is 18.3 Å². The summed E-state index contributed by atoms with van der Waals surface area (Å²) in [6, 6.07) is 0.537. The molecule has 0 aromatic carbocycles. The fourth-order valence-electron chi connectivity index (χ4n) is 2.38. The van der Waals surface area contributed by atoms with Crippen molar-refractivity contribution in [3.63, 3.8) is 0 Å². The van der Waals surface area contributed by atoms with Gasteiger partial charge in [0.05, 0.1) is 13.3 Å². The Morgan fingerprint density at radius 1 is 1.56 bits per heavy atom. The van der Waals surface area contributed by atoms with Gasteiger partial charge in [0.15, 0.2) is 5.13 Å². The van der Waals surface area contributed by atoms with Gasteiger partial charge in [-0.25, -0.2) is 9.78 Å². The predicted octanol–water partition coefficient (Wildman–Crippen LogP) is 1.32. The van der Waals surface area contributed by atoms with Gasteiger partial charge in [-0.2, -0.15) is 0 Å². The predicted molar refractivity (Wildman–Crippen MR) is 72.3 cm³/mol. The van der Waals surface area contributed by atoms with Crippen LogP contribution in [0.3, 0.4) is 0 Å². The third kappa shape index (κ3) is 2.49. The number of hydrogen-bond acceptors (Lipinski definition) is 6. The van der Waals surface area contributed by atoms with Gasteiger partial charge >= 0.3 is 5.97 Å². The zero-order chi connectivity index (χ0) is 13.3. The van der Waals surface area contributed by atoms with E-state index in [-0.39, 0.29) is 5.97 Å². The number of rotatable bonds is 3. The molecule has 0 amide bonds. The van der Waals surface area contributed by atoms with Crippen molar-refractivity contribution in [3.8, 4) is 0 Å². The van der Waals surface area contributed by atoms with Gasteiger partial charge in [0.25, 0.3) is 0 Å². The Morgan fingerprint density at radius 2 is 2.28 bits per heavy atom. The molecule has 0 radical (unpaired) electrons. The van der Waals surface area contributed by atoms with E-state index in [0.717, 1.165) is 18.2 Å². The minimum absolute atomic E-state index is 0.310. The standard InChI is InChI=1S/C12H19N3O2S/c1-8-6-15(7-9(8)14(2)3)12-13-5-10(18-12)11(16)17-4/h5,8-9H,6-7H2,1-4H3. The smallest absolute Gasteiger partial charge is 0.349 e. The molecule has 0 spiro atoms. The van der Waals surface area contributed by atoms with Gasteiger partial charge in [0.2, 0.25) is 0 Å². The molecule has 0 saturated carbocycles. The van der Waals surface area contributed by atoms with E-state index in [1.807, 2.05) is 0 Å². The number of methoxy groups -OCH3 is 1. The molecule has 1 fully saturated rings. The zero-order valence-electron chi connectivity index (χ0n) is 11.2. The van der Waals surface area contributed by atoms with Gasteiger partial charge in [0, 0.05) is 19.1 Å². The fraction of sp³-hybridized carbons (Fsp3) is 0.667. The maximum absolute atomic E-state index is 11.4. The Balaban J connectivity index is 2.09. The number of carbonyl (C=O) groups is 1. The maximum Gasteiger partial charge on any atom is 0.349 e. The van der Waals surface area contributed by atoms with E-state index < -0.39 is 0 Å². The first-order chi connectivity index (χ1) is 8.52. The highest BCUT2D eigenvalue weighted by Gasteiger charge is 2.32. The normalized spacial score (nSPS) is 23.7. The molecule has 100 valence electrons. The monoisotopic (exact) mass is 269 g/mol. The number of thiazole rings is 1. The minimum atomic E-state index is -0.310. The summed E-state index contributed by atoms with van der Waals surface area (Å²) in [4.78, 5) is 20.8. The summed E-state index contributed by atoms with van der Waals surface area (Å²) in [5.41, 5.74) is 0. The molecule has 18 heavy (non-hydrogen) atoms. The van der Waals surface area contributed by atoms with Crippen molar-refractivity contribution in [2.24, 2.45) is 5.92 Å². The molecule has 0 aliphatic carbocycles. The summed E-state index contributed by atoms with van der Waals surface area (Å²) in [5, 5.41) is 0.909. The van der Waals surface area contributed by atoms with Crippen LogP contribution in [0.1, 0.15) is 16.6 Å². The summed E-state index contributed by atoms with van der Waals surface area (Å²) in [6.07, 6.45) is 1.60. The van der Waals surface area contributed by atoms with Crippen LogP contribution in [0.5, 0.6) is 0 Å². The molecular weight excluding hydrogens is 250 g/mol. The lowest BCUT2D eigenvalue weighted by Gasteiger charge is -2.22. The molecule has 1 aromatic rings. The van der Waals surface area contributed by atoms with E-state index in [1.165, 1.54) is 18.4 Å². The number of nitrogens with zero attached hydrogens (tertiary/aromatic N) is 3. The van der Waals surface area contributed by atoms with Crippen LogP contribution >= 0.6 is 11.3 Å². The summed E-state index contributed by atoms with van der Waals surface area (Å²) in [7, 11) is 5.60. The Morgan fingerprint density at radius 3 is 2.83 bits per heavy atom. The first-order valence-corrected chi connectivity index (χ1v) is 6.80. The summed E-state index contributed by atoms with van der Waals surface area (Å²) in [5.74, 6) is 0.292. The van der Waals surface area contributed by atoms with E-state index >= 15 is 0 Å². The highest BCUT2D eigenvalue weighted by molar-refractivity contribution is 7.17. The van der Waals surface area contributed by atoms with Gasteiger partial charge in [-0.3, -0.25) is 0 Å². The Hall–Kier alpha value is -1.14. The molecule has 2 unspecified atom stereocenters. The zero-order valence-corrected chi connectivity index (χ0v) is 12.0. The van der Waals surface area contributed by atoms with Crippen molar-refractivity contribution in [1.29, 1.82) is 0 Å². The topological polar surface area (TPSA) is 45.7 Å². The fourth-order valence-corrected chi connectivity index (χ4v) is 3.24. The second-order valence-electron chi connectivity index (χ2n) is 4.91. The average Bonchev–Trinajstić information content (AvgIpc) is 2.93. The van der Waals surface area contributed by atoms with Gasteiger partial charge in [-0.05, 0) is 20.0 Å². The lowest BCUT2D eigenvalue weighted by Crippen LogP contribution is -2.34. The largest absolute Gasteiger partial charge is 0.465 e. The maximum atomic E-state index is 11.4. The molecule has 2 heterocycles. The van der Waals surface area contributed by atoms with Crippen molar-refractivity contribution in [1.82, 2.24) is 9.88 Å². The number of ether oxygens (including phenoxy) is 1. The summed E-state index contributed by atoms with van der Waals surface area (Å²) in [6.45, 7) is 4.19. The molecular formula is C12H19N3O2S. The van der Waals surface area contributed by atoms with Crippen molar-refractivity contribution in [2.75, 3.05) is 39.2 Å². The first-order valence-electron chi connectivity index (χ1n) is 5.98. The third-order valence-electron chi connectivity index (χ3n) is 3.39. The molecule has 6 heteroatoms. The molecule has 2 atom stereocenters. The van der Waals surface area contributed by atoms with Crippen LogP contribution in [-0.4, -0.2) is 56.2 Å². The highest BCUT2D eigenvalue weighted by Crippen LogP contribution is 2.29. The number of aromatic nitrogens is 1. The minimum Gasteiger partial charge on any atom is -0.465 e. The lowest BCUT2D eigenvalue weighted by atomic mass is 10.1. The van der Waals surface area contributed by atoms with Crippen LogP contribution < -0.4 is 4.90 Å². The number of esters is 1. The summed E-state index contributed by atoms with van der Waals surface area (Å²) >= 11 is 1.40. The second kappa shape index (κ2) is 5.24. The third-order valence-corrected chi connectivity index (χ3v) is 4.42. The lowest BCUT2D eigenvalue weighted by molar-refractivity contribution is 0.0606. The molecule has 2 rings (SSSR count). The van der Waals surface area contributed by atoms with Crippen molar-refractivity contribution in [3.05, 3.63) is 11.1 Å². The van der Waals surface area contributed by atoms with E-state index in [1.54, 1.807) is 6.20 Å². The van der Waals surface area contributed by atoms with E-state index in [0.29, 0.717) is 16.8 Å². The summed E-state index contributed by atoms with van der Waals surface area (Å²) < 4.78 is 4.70. The van der Waals surface area contributed by atoms with Crippen LogP contribution in [0.25, 0.3) is 0 Å². The Labute approximate surface area is 111 Å². The van der Waals surface area contributed by atoms with Crippen molar-refractivity contribution < 1.29 is 9.53 Å². The Bertz CT molecular complexity index is 433. The van der Waals surface area contributed by atoms with Crippen LogP contribution in [0.2, 0.25) is 0 Å². The van der Waals surface area contributed by atoms with E-state index in [4.69, 9.17) is 4.74 Å². The quantitative estimate of drug-likeness (QED) is 0.774. The molecule has 1 saturated heterocycles. The van der Waals surface area contributed by atoms with Crippen LogP contribution in [0.15, 0.2) is 6.20 Å². The van der Waals surface area contributed by atoms with Crippen LogP contribution in [0, 0.1) is 5.92 Å². The molecule has 5 nitrogen and oxygen atoms in total. The Kier molecular flexibility index (Phi) is 3.87. The van der Waals surface area contributed by atoms with Gasteiger partial charge in [-0.15, -0.1) is 0 Å². The van der Waals surface area contributed by atoms with Crippen LogP contribution in [0.4, 0.5) is 5.13 Å². The number of anilines is 1. The van der Waals surface area contributed by atoms with Crippen LogP contribution in [-0.2, 0) is 4.74 Å². The average molecular weight is 269 g/mol. The number of hydrogen-bond donors (Lipinski definition) is 0. The molecule has 1 aromatic heterocycles. The molecule has 1 aliphatic rings. The SMILES string of the molecule is COC(=O)c1cnc(N2CC(C)C(N(C)C)C2)s1. The molecule has 0 N–H and O–H groups in total. The van der Waals surface area contributed by atoms with E-state index in [2.05, 4.69) is 35.8 Å². The van der Waals surface area contributed by atoms with Crippen molar-refractivity contribution >= 4 is 22.4 Å². The second-order valence-corrected chi connectivity index (χ2v) is 5.92. The molecule has 0 bridgehead atoms. The van der Waals surface area contributed by atoms with Gasteiger partial charge < -0.3 is 14.5 Å². The number of carbonyl (C=O) groups excluding carboxylic acids is 1. The van der Waals surface area contributed by atoms with Gasteiger partial charge in [0.1, 0.15) is 4.88 Å². The van der Waals surface area contributed by atoms with E-state index in [9.17, 15) is 4.79 Å². The molecule has 1 aliphatic heterocycles. The first kappa shape index (κ1) is 13.3. The van der Waals surface area contributed by atoms with Crippen molar-refractivity contribution in [2.45, 2.75) is 13.0 Å². The highest BCUT2D eigenvalue weighted by atomic mass is 32.1. The number of likely N-dealkylation sites (N-methyl/N-ethyl adjacent to an activating group) is 1.